The number of hydrogen-bond acceptors (Lipinski definition) is 4. The van der Waals surface area contributed by atoms with Crippen LogP contribution in [-0.4, -0.2) is 25.2 Å². The first kappa shape index (κ1) is 15.6. The van der Waals surface area contributed by atoms with E-state index < -0.39 is 11.9 Å². The van der Waals surface area contributed by atoms with Crippen molar-refractivity contribution in [1.29, 1.82) is 5.26 Å². The van der Waals surface area contributed by atoms with E-state index in [9.17, 15) is 13.2 Å². The molecular weight excluding hydrogens is 283 g/mol. The number of rotatable bonds is 6. The molecule has 0 spiro atoms. The van der Waals surface area contributed by atoms with Gasteiger partial charge in [0.05, 0.1) is 5.56 Å². The maximum Gasteiger partial charge on any atom is 0.433 e. The van der Waals surface area contributed by atoms with Crippen LogP contribution in [-0.2, 0) is 10.9 Å². The predicted octanol–water partition coefficient (Wildman–Crippen LogP) is 3.20. The standard InChI is InChI=1S/C14H16F3N3O/c1-21-7-6-13(4-5-13)9-19-12-10(8-18)2-3-11(20-12)14(15,16)17/h2-3H,4-7,9H2,1H3,(H,19,20). The summed E-state index contributed by atoms with van der Waals surface area (Å²) in [4.78, 5) is 3.54. The highest BCUT2D eigenvalue weighted by Gasteiger charge is 2.42. The van der Waals surface area contributed by atoms with Crippen LogP contribution in [0.5, 0.6) is 0 Å². The molecule has 0 unspecified atom stereocenters. The fourth-order valence-electron chi connectivity index (χ4n) is 2.12. The minimum Gasteiger partial charge on any atom is -0.385 e. The Balaban J connectivity index is 2.10. The SMILES string of the molecule is COCCC1(CNc2nc(C(F)(F)F)ccc2C#N)CC1. The van der Waals surface area contributed by atoms with Gasteiger partial charge < -0.3 is 10.1 Å². The lowest BCUT2D eigenvalue weighted by atomic mass is 10.0. The number of ether oxygens (including phenoxy) is 1. The summed E-state index contributed by atoms with van der Waals surface area (Å²) in [5.41, 5.74) is -0.824. The van der Waals surface area contributed by atoms with E-state index in [2.05, 4.69) is 10.3 Å². The molecule has 0 radical (unpaired) electrons. The molecular formula is C14H16F3N3O. The zero-order valence-electron chi connectivity index (χ0n) is 11.6. The van der Waals surface area contributed by atoms with E-state index in [0.717, 1.165) is 31.4 Å². The Labute approximate surface area is 120 Å². The van der Waals surface area contributed by atoms with E-state index in [-0.39, 0.29) is 16.8 Å². The van der Waals surface area contributed by atoms with Crippen molar-refractivity contribution in [1.82, 2.24) is 4.98 Å². The molecule has 1 N–H and O–H groups in total. The van der Waals surface area contributed by atoms with E-state index in [1.807, 2.05) is 6.07 Å². The summed E-state index contributed by atoms with van der Waals surface area (Å²) in [6.07, 6.45) is -1.66. The highest BCUT2D eigenvalue weighted by atomic mass is 19.4. The van der Waals surface area contributed by atoms with Gasteiger partial charge in [0.1, 0.15) is 17.6 Å². The van der Waals surface area contributed by atoms with Gasteiger partial charge in [-0.3, -0.25) is 0 Å². The smallest absolute Gasteiger partial charge is 0.385 e. The summed E-state index contributed by atoms with van der Waals surface area (Å²) in [5, 5.41) is 11.9. The number of anilines is 1. The van der Waals surface area contributed by atoms with Gasteiger partial charge >= 0.3 is 6.18 Å². The molecule has 0 aliphatic heterocycles. The molecule has 0 atom stereocenters. The molecule has 4 nitrogen and oxygen atoms in total. The third-order valence-electron chi connectivity index (χ3n) is 3.73. The van der Waals surface area contributed by atoms with Crippen LogP contribution in [0.2, 0.25) is 0 Å². The maximum absolute atomic E-state index is 12.7. The van der Waals surface area contributed by atoms with Crippen LogP contribution in [0.3, 0.4) is 0 Å². The second-order valence-corrected chi connectivity index (χ2v) is 5.30. The molecule has 0 saturated heterocycles. The fourth-order valence-corrected chi connectivity index (χ4v) is 2.12. The van der Waals surface area contributed by atoms with Crippen LogP contribution in [0.15, 0.2) is 12.1 Å². The van der Waals surface area contributed by atoms with E-state index in [0.29, 0.717) is 13.2 Å². The largest absolute Gasteiger partial charge is 0.433 e. The van der Waals surface area contributed by atoms with Crippen molar-refractivity contribution in [2.24, 2.45) is 5.41 Å². The monoisotopic (exact) mass is 299 g/mol. The van der Waals surface area contributed by atoms with Gasteiger partial charge in [-0.2, -0.15) is 18.4 Å². The fraction of sp³-hybridized carbons (Fsp3) is 0.571. The topological polar surface area (TPSA) is 57.9 Å². The number of aromatic nitrogens is 1. The minimum absolute atomic E-state index is 0.00369. The summed E-state index contributed by atoms with van der Waals surface area (Å²) in [7, 11) is 1.62. The number of nitrogens with one attached hydrogen (secondary N) is 1. The van der Waals surface area contributed by atoms with Crippen molar-refractivity contribution in [3.63, 3.8) is 0 Å². The number of hydrogen-bond donors (Lipinski definition) is 1. The second kappa shape index (κ2) is 5.90. The van der Waals surface area contributed by atoms with Crippen molar-refractivity contribution < 1.29 is 17.9 Å². The number of methoxy groups -OCH3 is 1. The van der Waals surface area contributed by atoms with E-state index in [1.54, 1.807) is 7.11 Å². The lowest BCUT2D eigenvalue weighted by molar-refractivity contribution is -0.141. The van der Waals surface area contributed by atoms with E-state index >= 15 is 0 Å². The van der Waals surface area contributed by atoms with Gasteiger partial charge in [0, 0.05) is 20.3 Å². The zero-order valence-corrected chi connectivity index (χ0v) is 11.6. The lowest BCUT2D eigenvalue weighted by Gasteiger charge is -2.17. The Hall–Kier alpha value is -1.81. The van der Waals surface area contributed by atoms with Gasteiger partial charge in [-0.15, -0.1) is 0 Å². The molecule has 1 saturated carbocycles. The first-order chi connectivity index (χ1) is 9.90. The average Bonchev–Trinajstić information content (AvgIpc) is 3.22. The van der Waals surface area contributed by atoms with Crippen LogP contribution >= 0.6 is 0 Å². The molecule has 0 aromatic carbocycles. The molecule has 7 heteroatoms. The third kappa shape index (κ3) is 3.85. The summed E-state index contributed by atoms with van der Waals surface area (Å²) < 4.78 is 43.0. The number of halogens is 3. The van der Waals surface area contributed by atoms with Crippen molar-refractivity contribution >= 4 is 5.82 Å². The molecule has 1 aliphatic rings. The Morgan fingerprint density at radius 1 is 1.43 bits per heavy atom. The summed E-state index contributed by atoms with van der Waals surface area (Å²) in [6, 6.07) is 3.82. The maximum atomic E-state index is 12.7. The summed E-state index contributed by atoms with van der Waals surface area (Å²) in [5.74, 6) is -0.00369. The molecule has 1 fully saturated rings. The molecule has 1 aromatic rings. The van der Waals surface area contributed by atoms with E-state index in [4.69, 9.17) is 10.00 Å². The van der Waals surface area contributed by atoms with Gasteiger partial charge in [-0.1, -0.05) is 0 Å². The predicted molar refractivity (Wildman–Crippen MR) is 70.6 cm³/mol. The highest BCUT2D eigenvalue weighted by molar-refractivity contribution is 5.52. The molecule has 21 heavy (non-hydrogen) atoms. The van der Waals surface area contributed by atoms with Crippen molar-refractivity contribution in [2.45, 2.75) is 25.4 Å². The second-order valence-electron chi connectivity index (χ2n) is 5.30. The van der Waals surface area contributed by atoms with Gasteiger partial charge in [0.15, 0.2) is 0 Å². The molecule has 114 valence electrons. The molecule has 2 rings (SSSR count). The first-order valence-electron chi connectivity index (χ1n) is 6.61. The Morgan fingerprint density at radius 2 is 2.14 bits per heavy atom. The zero-order chi connectivity index (χ0) is 15.5. The number of pyridine rings is 1. The van der Waals surface area contributed by atoms with Crippen LogP contribution in [0.25, 0.3) is 0 Å². The Morgan fingerprint density at radius 3 is 2.67 bits per heavy atom. The van der Waals surface area contributed by atoms with Crippen LogP contribution in [0.4, 0.5) is 19.0 Å². The molecule has 1 aliphatic carbocycles. The van der Waals surface area contributed by atoms with Crippen LogP contribution in [0.1, 0.15) is 30.5 Å². The first-order valence-corrected chi connectivity index (χ1v) is 6.61. The highest BCUT2D eigenvalue weighted by Crippen LogP contribution is 2.48. The van der Waals surface area contributed by atoms with Crippen LogP contribution < -0.4 is 5.32 Å². The minimum atomic E-state index is -4.52. The quantitative estimate of drug-likeness (QED) is 0.876. The number of nitrogens with zero attached hydrogens (tertiary/aromatic N) is 2. The van der Waals surface area contributed by atoms with Gasteiger partial charge in [-0.25, -0.2) is 4.98 Å². The Bertz CT molecular complexity index is 547. The third-order valence-corrected chi connectivity index (χ3v) is 3.73. The molecule has 0 amide bonds. The van der Waals surface area contributed by atoms with Crippen molar-refractivity contribution in [3.8, 4) is 6.07 Å². The molecule has 1 aromatic heterocycles. The number of alkyl halides is 3. The van der Waals surface area contributed by atoms with Crippen LogP contribution in [0, 0.1) is 16.7 Å². The molecule has 0 bridgehead atoms. The van der Waals surface area contributed by atoms with E-state index in [1.165, 1.54) is 0 Å². The summed E-state index contributed by atoms with van der Waals surface area (Å²) in [6.45, 7) is 1.11. The average molecular weight is 299 g/mol. The van der Waals surface area contributed by atoms with Crippen molar-refractivity contribution in [3.05, 3.63) is 23.4 Å². The number of nitriles is 1. The van der Waals surface area contributed by atoms with Crippen molar-refractivity contribution in [2.75, 3.05) is 25.6 Å². The Kier molecular flexibility index (Phi) is 4.37. The van der Waals surface area contributed by atoms with Gasteiger partial charge in [0.2, 0.25) is 0 Å². The van der Waals surface area contributed by atoms with Gasteiger partial charge in [0.25, 0.3) is 0 Å². The summed E-state index contributed by atoms with van der Waals surface area (Å²) >= 11 is 0. The lowest BCUT2D eigenvalue weighted by Crippen LogP contribution is -2.19. The molecule has 1 heterocycles. The van der Waals surface area contributed by atoms with Gasteiger partial charge in [-0.05, 0) is 36.8 Å². The normalized spacial score (nSPS) is 16.3.